The predicted molar refractivity (Wildman–Crippen MR) is 95.4 cm³/mol. The van der Waals surface area contributed by atoms with Gasteiger partial charge in [0.25, 0.3) is 0 Å². The molecule has 2 aliphatic rings. The summed E-state index contributed by atoms with van der Waals surface area (Å²) in [7, 11) is 0. The van der Waals surface area contributed by atoms with Crippen LogP contribution in [-0.2, 0) is 9.59 Å². The van der Waals surface area contributed by atoms with E-state index < -0.39 is 0 Å². The Morgan fingerprint density at radius 2 is 1.88 bits per heavy atom. The molecular weight excluding hydrogens is 349 g/mol. The van der Waals surface area contributed by atoms with Crippen molar-refractivity contribution in [3.8, 4) is 0 Å². The molecule has 5 nitrogen and oxygen atoms in total. The Bertz CT molecular complexity index is 645. The summed E-state index contributed by atoms with van der Waals surface area (Å²) in [5.74, 6) is -0.527. The molecule has 1 saturated heterocycles. The molecule has 0 bridgehead atoms. The number of carbonyl (C=O) groups is 2. The normalized spacial score (nSPS) is 23.9. The molecule has 2 atom stereocenters. The van der Waals surface area contributed by atoms with Gasteiger partial charge in [-0.3, -0.25) is 9.59 Å². The number of hydrogen-bond donors (Lipinski definition) is 1. The first kappa shape index (κ1) is 17.5. The van der Waals surface area contributed by atoms with Crippen molar-refractivity contribution < 1.29 is 9.59 Å². The Labute approximate surface area is 151 Å². The molecule has 24 heavy (non-hydrogen) atoms. The van der Waals surface area contributed by atoms with E-state index in [0.717, 1.165) is 32.7 Å². The molecule has 1 aliphatic carbocycles. The van der Waals surface area contributed by atoms with Crippen LogP contribution in [0.2, 0.25) is 10.0 Å². The van der Waals surface area contributed by atoms with Gasteiger partial charge in [0.2, 0.25) is 11.8 Å². The molecule has 0 spiro atoms. The highest BCUT2D eigenvalue weighted by atomic mass is 35.5. The van der Waals surface area contributed by atoms with E-state index in [4.69, 9.17) is 23.2 Å². The number of halogens is 2. The zero-order valence-electron chi connectivity index (χ0n) is 13.6. The third kappa shape index (κ3) is 3.85. The third-order valence-electron chi connectivity index (χ3n) is 4.76. The van der Waals surface area contributed by atoms with E-state index in [1.165, 1.54) is 0 Å². The number of carbonyl (C=O) groups excluding carboxylic acids is 2. The monoisotopic (exact) mass is 369 g/mol. The molecule has 0 radical (unpaired) electrons. The summed E-state index contributed by atoms with van der Waals surface area (Å²) in [4.78, 5) is 29.1. The summed E-state index contributed by atoms with van der Waals surface area (Å²) in [6.07, 6.45) is 0.608. The molecule has 7 heteroatoms. The van der Waals surface area contributed by atoms with Crippen LogP contribution in [0.1, 0.15) is 13.3 Å². The van der Waals surface area contributed by atoms with E-state index in [-0.39, 0.29) is 23.7 Å². The van der Waals surface area contributed by atoms with Crippen LogP contribution < -0.4 is 5.32 Å². The molecule has 1 N–H and O–H groups in total. The quantitative estimate of drug-likeness (QED) is 0.887. The SMILES string of the molecule is CCN1CCN(C(=O)C2CC2C(=O)Nc2cc(Cl)ccc2Cl)CC1. The minimum absolute atomic E-state index is 0.100. The van der Waals surface area contributed by atoms with Gasteiger partial charge in [0, 0.05) is 31.2 Å². The van der Waals surface area contributed by atoms with Gasteiger partial charge in [-0.2, -0.15) is 0 Å². The lowest BCUT2D eigenvalue weighted by Crippen LogP contribution is -2.49. The number of hydrogen-bond acceptors (Lipinski definition) is 3. The standard InChI is InChI=1S/C17H21Cl2N3O2/c1-2-21-5-7-22(8-6-21)17(24)13-10-12(13)16(23)20-15-9-11(18)3-4-14(15)19/h3-4,9,12-13H,2,5-8,10H2,1H3,(H,20,23). The van der Waals surface area contributed by atoms with Gasteiger partial charge in [0.15, 0.2) is 0 Å². The summed E-state index contributed by atoms with van der Waals surface area (Å²) in [5, 5.41) is 3.73. The van der Waals surface area contributed by atoms with Crippen LogP contribution in [0.3, 0.4) is 0 Å². The molecule has 2 amide bonds. The van der Waals surface area contributed by atoms with Crippen molar-refractivity contribution in [2.45, 2.75) is 13.3 Å². The Morgan fingerprint density at radius 3 is 2.54 bits per heavy atom. The Hall–Kier alpha value is -1.30. The first-order valence-electron chi connectivity index (χ1n) is 8.26. The molecule has 1 saturated carbocycles. The fourth-order valence-electron chi connectivity index (χ4n) is 3.10. The number of rotatable bonds is 4. The molecule has 2 unspecified atom stereocenters. The average Bonchev–Trinajstić information content (AvgIpc) is 3.38. The summed E-state index contributed by atoms with van der Waals surface area (Å²) in [6.45, 7) is 6.44. The average molecular weight is 370 g/mol. The minimum Gasteiger partial charge on any atom is -0.340 e. The third-order valence-corrected chi connectivity index (χ3v) is 5.33. The molecular formula is C17H21Cl2N3O2. The van der Waals surface area contributed by atoms with Crippen molar-refractivity contribution in [2.75, 3.05) is 38.0 Å². The topological polar surface area (TPSA) is 52.7 Å². The molecule has 130 valence electrons. The van der Waals surface area contributed by atoms with E-state index in [1.807, 2.05) is 4.90 Å². The van der Waals surface area contributed by atoms with Crippen molar-refractivity contribution >= 4 is 40.7 Å². The Morgan fingerprint density at radius 1 is 1.17 bits per heavy atom. The van der Waals surface area contributed by atoms with Gasteiger partial charge in [-0.15, -0.1) is 0 Å². The number of nitrogens with one attached hydrogen (secondary N) is 1. The fourth-order valence-corrected chi connectivity index (χ4v) is 3.43. The first-order chi connectivity index (χ1) is 11.5. The van der Waals surface area contributed by atoms with Gasteiger partial charge < -0.3 is 15.1 Å². The van der Waals surface area contributed by atoms with Crippen LogP contribution in [0, 0.1) is 11.8 Å². The fraction of sp³-hybridized carbons (Fsp3) is 0.529. The van der Waals surface area contributed by atoms with E-state index in [0.29, 0.717) is 22.2 Å². The number of likely N-dealkylation sites (N-methyl/N-ethyl adjacent to an activating group) is 1. The van der Waals surface area contributed by atoms with E-state index in [1.54, 1.807) is 18.2 Å². The van der Waals surface area contributed by atoms with Crippen molar-refractivity contribution in [2.24, 2.45) is 11.8 Å². The van der Waals surface area contributed by atoms with E-state index in [9.17, 15) is 9.59 Å². The Balaban J connectivity index is 1.54. The Kier molecular flexibility index (Phi) is 5.33. The summed E-state index contributed by atoms with van der Waals surface area (Å²) >= 11 is 12.0. The van der Waals surface area contributed by atoms with Crippen LogP contribution in [0.5, 0.6) is 0 Å². The molecule has 2 fully saturated rings. The molecule has 0 aromatic heterocycles. The highest BCUT2D eigenvalue weighted by Crippen LogP contribution is 2.41. The van der Waals surface area contributed by atoms with Crippen molar-refractivity contribution in [1.29, 1.82) is 0 Å². The van der Waals surface area contributed by atoms with Crippen LogP contribution >= 0.6 is 23.2 Å². The predicted octanol–water partition coefficient (Wildman–Crippen LogP) is 2.73. The van der Waals surface area contributed by atoms with Crippen LogP contribution in [-0.4, -0.2) is 54.3 Å². The van der Waals surface area contributed by atoms with Gasteiger partial charge in [0.1, 0.15) is 0 Å². The number of nitrogens with zero attached hydrogens (tertiary/aromatic N) is 2. The first-order valence-corrected chi connectivity index (χ1v) is 9.02. The lowest BCUT2D eigenvalue weighted by molar-refractivity contribution is -0.135. The lowest BCUT2D eigenvalue weighted by atomic mass is 10.2. The number of piperazine rings is 1. The molecule has 1 aromatic rings. The molecule has 1 heterocycles. The maximum absolute atomic E-state index is 12.5. The second-order valence-electron chi connectivity index (χ2n) is 6.32. The van der Waals surface area contributed by atoms with Crippen molar-refractivity contribution in [1.82, 2.24) is 9.80 Å². The van der Waals surface area contributed by atoms with E-state index >= 15 is 0 Å². The maximum Gasteiger partial charge on any atom is 0.228 e. The summed E-state index contributed by atoms with van der Waals surface area (Å²) < 4.78 is 0. The van der Waals surface area contributed by atoms with Gasteiger partial charge >= 0.3 is 0 Å². The second-order valence-corrected chi connectivity index (χ2v) is 7.17. The van der Waals surface area contributed by atoms with Gasteiger partial charge in [-0.25, -0.2) is 0 Å². The molecule has 1 aliphatic heterocycles. The van der Waals surface area contributed by atoms with Crippen LogP contribution in [0.4, 0.5) is 5.69 Å². The van der Waals surface area contributed by atoms with Crippen molar-refractivity contribution in [3.05, 3.63) is 28.2 Å². The highest BCUT2D eigenvalue weighted by molar-refractivity contribution is 6.35. The van der Waals surface area contributed by atoms with Crippen LogP contribution in [0.25, 0.3) is 0 Å². The van der Waals surface area contributed by atoms with Gasteiger partial charge in [0.05, 0.1) is 22.5 Å². The summed E-state index contributed by atoms with van der Waals surface area (Å²) in [6, 6.07) is 4.92. The minimum atomic E-state index is -0.267. The maximum atomic E-state index is 12.5. The zero-order valence-corrected chi connectivity index (χ0v) is 15.1. The number of amides is 2. The molecule has 1 aromatic carbocycles. The van der Waals surface area contributed by atoms with Gasteiger partial charge in [-0.1, -0.05) is 30.1 Å². The van der Waals surface area contributed by atoms with Gasteiger partial charge in [-0.05, 0) is 31.2 Å². The largest absolute Gasteiger partial charge is 0.340 e. The van der Waals surface area contributed by atoms with E-state index in [2.05, 4.69) is 17.1 Å². The smallest absolute Gasteiger partial charge is 0.228 e. The lowest BCUT2D eigenvalue weighted by Gasteiger charge is -2.34. The number of benzene rings is 1. The zero-order chi connectivity index (χ0) is 17.3. The molecule has 3 rings (SSSR count). The summed E-state index contributed by atoms with van der Waals surface area (Å²) in [5.41, 5.74) is 0.490. The highest BCUT2D eigenvalue weighted by Gasteiger charge is 2.49. The van der Waals surface area contributed by atoms with Crippen LogP contribution in [0.15, 0.2) is 18.2 Å². The number of anilines is 1. The second kappa shape index (κ2) is 7.30. The van der Waals surface area contributed by atoms with Crippen molar-refractivity contribution in [3.63, 3.8) is 0 Å².